The minimum atomic E-state index is -4.45. The van der Waals surface area contributed by atoms with E-state index in [1.54, 1.807) is 0 Å². The van der Waals surface area contributed by atoms with Crippen LogP contribution in [0.1, 0.15) is 0 Å². The summed E-state index contributed by atoms with van der Waals surface area (Å²) in [6.45, 7) is -1.31. The van der Waals surface area contributed by atoms with Crippen molar-refractivity contribution in [3.63, 3.8) is 0 Å². The van der Waals surface area contributed by atoms with E-state index in [1.807, 2.05) is 0 Å². The zero-order valence-corrected chi connectivity index (χ0v) is 13.2. The Bertz CT molecular complexity index is 777. The molecule has 1 aromatic heterocycles. The van der Waals surface area contributed by atoms with E-state index >= 15 is 0 Å². The number of hydrogen-bond donors (Lipinski definition) is 2. The van der Waals surface area contributed by atoms with Gasteiger partial charge in [-0.2, -0.15) is 18.3 Å². The lowest BCUT2D eigenvalue weighted by molar-refractivity contribution is -0.142. The van der Waals surface area contributed by atoms with Crippen molar-refractivity contribution in [2.24, 2.45) is 0 Å². The summed E-state index contributed by atoms with van der Waals surface area (Å²) in [4.78, 5) is 23.5. The van der Waals surface area contributed by atoms with Crippen molar-refractivity contribution >= 4 is 46.5 Å². The van der Waals surface area contributed by atoms with Crippen molar-refractivity contribution in [2.75, 3.05) is 10.6 Å². The number of rotatable bonds is 3. The minimum absolute atomic E-state index is 0.123. The van der Waals surface area contributed by atoms with Crippen LogP contribution in [-0.2, 0) is 16.1 Å². The highest BCUT2D eigenvalue weighted by Gasteiger charge is 2.28. The molecule has 6 nitrogen and oxygen atoms in total. The molecular formula is C13H9Cl2F3N4O2. The lowest BCUT2D eigenvalue weighted by Crippen LogP contribution is -2.29. The number of halogens is 5. The molecule has 2 aromatic rings. The monoisotopic (exact) mass is 380 g/mol. The molecule has 24 heavy (non-hydrogen) atoms. The predicted molar refractivity (Wildman–Crippen MR) is 82.0 cm³/mol. The molecule has 0 saturated heterocycles. The van der Waals surface area contributed by atoms with E-state index in [0.717, 1.165) is 12.3 Å². The third kappa shape index (κ3) is 5.14. The largest absolute Gasteiger partial charge is 0.408 e. The van der Waals surface area contributed by atoms with Gasteiger partial charge >= 0.3 is 18.0 Å². The molecule has 2 amide bonds. The summed E-state index contributed by atoms with van der Waals surface area (Å²) in [7, 11) is 0. The fraction of sp³-hybridized carbons (Fsp3) is 0.154. The molecule has 0 saturated carbocycles. The highest BCUT2D eigenvalue weighted by Crippen LogP contribution is 2.25. The molecule has 0 unspecified atom stereocenters. The van der Waals surface area contributed by atoms with Gasteiger partial charge < -0.3 is 10.6 Å². The first kappa shape index (κ1) is 18.1. The number of carbonyl (C=O) groups is 2. The van der Waals surface area contributed by atoms with E-state index in [1.165, 1.54) is 18.2 Å². The Kier molecular flexibility index (Phi) is 5.35. The third-order valence-electron chi connectivity index (χ3n) is 2.61. The molecule has 2 N–H and O–H groups in total. The molecule has 0 radical (unpaired) electrons. The van der Waals surface area contributed by atoms with Gasteiger partial charge in [-0.3, -0.25) is 14.3 Å². The topological polar surface area (TPSA) is 76.0 Å². The molecule has 2 rings (SSSR count). The molecule has 0 aliphatic carbocycles. The maximum Gasteiger partial charge on any atom is 0.408 e. The Morgan fingerprint density at radius 3 is 2.42 bits per heavy atom. The van der Waals surface area contributed by atoms with E-state index in [-0.39, 0.29) is 16.5 Å². The first-order chi connectivity index (χ1) is 11.1. The van der Waals surface area contributed by atoms with E-state index in [4.69, 9.17) is 23.2 Å². The Hall–Kier alpha value is -2.26. The van der Waals surface area contributed by atoms with Gasteiger partial charge in [-0.05, 0) is 18.2 Å². The fourth-order valence-electron chi connectivity index (χ4n) is 1.64. The van der Waals surface area contributed by atoms with Crippen LogP contribution in [0, 0.1) is 0 Å². The quantitative estimate of drug-likeness (QED) is 0.801. The van der Waals surface area contributed by atoms with Gasteiger partial charge in [0.2, 0.25) is 0 Å². The number of nitrogens with zero attached hydrogens (tertiary/aromatic N) is 2. The van der Waals surface area contributed by atoms with Crippen molar-refractivity contribution in [1.82, 2.24) is 9.78 Å². The molecule has 1 heterocycles. The molecule has 0 fully saturated rings. The van der Waals surface area contributed by atoms with Crippen LogP contribution in [0.15, 0.2) is 30.5 Å². The number of amides is 2. The number of hydrogen-bond acceptors (Lipinski definition) is 3. The van der Waals surface area contributed by atoms with Crippen molar-refractivity contribution in [2.45, 2.75) is 12.7 Å². The second-order valence-corrected chi connectivity index (χ2v) is 5.39. The Labute approximate surface area is 143 Å². The van der Waals surface area contributed by atoms with Crippen molar-refractivity contribution < 1.29 is 22.8 Å². The van der Waals surface area contributed by atoms with E-state index in [9.17, 15) is 22.8 Å². The first-order valence-electron chi connectivity index (χ1n) is 6.31. The van der Waals surface area contributed by atoms with E-state index < -0.39 is 24.5 Å². The Morgan fingerprint density at radius 1 is 1.12 bits per heavy atom. The van der Waals surface area contributed by atoms with Gasteiger partial charge in [0.25, 0.3) is 0 Å². The van der Waals surface area contributed by atoms with Crippen molar-refractivity contribution in [3.8, 4) is 0 Å². The summed E-state index contributed by atoms with van der Waals surface area (Å²) in [5, 5.41) is 8.29. The number of carbonyl (C=O) groups excluding carboxylic acids is 2. The zero-order chi connectivity index (χ0) is 17.9. The average Bonchev–Trinajstić information content (AvgIpc) is 2.86. The molecule has 0 aliphatic rings. The summed E-state index contributed by atoms with van der Waals surface area (Å²) >= 11 is 11.6. The summed E-state index contributed by atoms with van der Waals surface area (Å²) in [6.07, 6.45) is -3.42. The number of anilines is 2. The van der Waals surface area contributed by atoms with Crippen LogP contribution in [-0.4, -0.2) is 27.8 Å². The lowest BCUT2D eigenvalue weighted by atomic mass is 10.3. The maximum atomic E-state index is 12.2. The Morgan fingerprint density at radius 2 is 1.79 bits per heavy atom. The second kappa shape index (κ2) is 7.10. The van der Waals surface area contributed by atoms with Gasteiger partial charge in [-0.1, -0.05) is 23.2 Å². The highest BCUT2D eigenvalue weighted by atomic mass is 35.5. The molecule has 0 aliphatic heterocycles. The molecular weight excluding hydrogens is 372 g/mol. The first-order valence-corrected chi connectivity index (χ1v) is 7.07. The van der Waals surface area contributed by atoms with Crippen LogP contribution in [0.3, 0.4) is 0 Å². The van der Waals surface area contributed by atoms with E-state index in [0.29, 0.717) is 9.70 Å². The zero-order valence-electron chi connectivity index (χ0n) is 11.7. The van der Waals surface area contributed by atoms with Crippen LogP contribution in [0.5, 0.6) is 0 Å². The van der Waals surface area contributed by atoms with Crippen LogP contribution < -0.4 is 10.6 Å². The third-order valence-corrected chi connectivity index (χ3v) is 3.16. The van der Waals surface area contributed by atoms with Gasteiger partial charge in [0.1, 0.15) is 6.54 Å². The number of nitrogens with one attached hydrogen (secondary N) is 2. The summed E-state index contributed by atoms with van der Waals surface area (Å²) in [5.41, 5.74) is 0.156. The Balaban J connectivity index is 1.98. The molecule has 11 heteroatoms. The average molecular weight is 381 g/mol. The van der Waals surface area contributed by atoms with Crippen LogP contribution in [0.25, 0.3) is 0 Å². The van der Waals surface area contributed by atoms with E-state index in [2.05, 4.69) is 15.7 Å². The van der Waals surface area contributed by atoms with Gasteiger partial charge in [0, 0.05) is 17.3 Å². The molecule has 0 atom stereocenters. The highest BCUT2D eigenvalue weighted by molar-refractivity contribution is 6.45. The van der Waals surface area contributed by atoms with Gasteiger partial charge in [-0.15, -0.1) is 0 Å². The fourth-order valence-corrected chi connectivity index (χ4v) is 2.10. The molecule has 1 aromatic carbocycles. The van der Waals surface area contributed by atoms with Crippen molar-refractivity contribution in [3.05, 3.63) is 40.5 Å². The summed E-state index contributed by atoms with van der Waals surface area (Å²) in [6, 6.07) is 5.36. The van der Waals surface area contributed by atoms with Crippen LogP contribution in [0.2, 0.25) is 10.0 Å². The van der Waals surface area contributed by atoms with Gasteiger partial charge in [0.15, 0.2) is 5.82 Å². The van der Waals surface area contributed by atoms with Crippen LogP contribution in [0.4, 0.5) is 24.7 Å². The summed E-state index contributed by atoms with van der Waals surface area (Å²) < 4.78 is 37.2. The lowest BCUT2D eigenvalue weighted by Gasteiger charge is -2.07. The normalized spacial score (nSPS) is 11.2. The van der Waals surface area contributed by atoms with Crippen molar-refractivity contribution in [1.29, 1.82) is 0 Å². The predicted octanol–water partition coefficient (Wildman–Crippen LogP) is 3.33. The number of alkyl halides is 3. The minimum Gasteiger partial charge on any atom is -0.316 e. The van der Waals surface area contributed by atoms with Gasteiger partial charge in [0.05, 0.1) is 10.7 Å². The molecule has 0 bridgehead atoms. The number of benzene rings is 1. The summed E-state index contributed by atoms with van der Waals surface area (Å²) in [5.74, 6) is -2.37. The smallest absolute Gasteiger partial charge is 0.316 e. The van der Waals surface area contributed by atoms with Crippen LogP contribution >= 0.6 is 23.2 Å². The molecule has 0 spiro atoms. The SMILES string of the molecule is O=C(Nc1ccn(CC(F)(F)F)n1)C(=O)Nc1ccc(Cl)cc1Cl. The molecule has 128 valence electrons. The maximum absolute atomic E-state index is 12.2. The second-order valence-electron chi connectivity index (χ2n) is 4.55. The standard InChI is InChI=1S/C13H9Cl2F3N4O2/c14-7-1-2-9(8(15)5-7)19-11(23)12(24)20-10-3-4-22(21-10)6-13(16,17)18/h1-5H,6H2,(H,19,23)(H,20,21,24). The number of aromatic nitrogens is 2. The van der Waals surface area contributed by atoms with Gasteiger partial charge in [-0.25, -0.2) is 0 Å².